The molecule has 0 aromatic heterocycles. The molecule has 0 bridgehead atoms. The smallest absolute Gasteiger partial charge is 0.238 e. The maximum absolute atomic E-state index is 13.3. The van der Waals surface area contributed by atoms with Crippen molar-refractivity contribution in [3.8, 4) is 5.75 Å². The third-order valence-electron chi connectivity index (χ3n) is 5.85. The van der Waals surface area contributed by atoms with Gasteiger partial charge in [-0.3, -0.25) is 9.69 Å². The van der Waals surface area contributed by atoms with Crippen LogP contribution in [0.2, 0.25) is 0 Å². The number of hydrogen-bond donors (Lipinski definition) is 2. The molecule has 1 saturated heterocycles. The van der Waals surface area contributed by atoms with Gasteiger partial charge in [0.25, 0.3) is 0 Å². The third-order valence-corrected chi connectivity index (χ3v) is 5.85. The second kappa shape index (κ2) is 9.79. The Balaban J connectivity index is 1.70. The fraction of sp³-hybridized carbons (Fsp3) is 0.480. The number of benzene rings is 2. The third kappa shape index (κ3) is 6.05. The molecule has 168 valence electrons. The summed E-state index contributed by atoms with van der Waals surface area (Å²) < 4.78 is 19.4. The summed E-state index contributed by atoms with van der Waals surface area (Å²) in [6.45, 7) is 9.32. The van der Waals surface area contributed by atoms with E-state index in [1.54, 1.807) is 12.1 Å². The normalized spacial score (nSPS) is 21.8. The number of aliphatic hydroxyl groups is 1. The number of anilines is 1. The van der Waals surface area contributed by atoms with Crippen LogP contribution in [0.15, 0.2) is 42.5 Å². The van der Waals surface area contributed by atoms with E-state index >= 15 is 0 Å². The van der Waals surface area contributed by atoms with Crippen molar-refractivity contribution in [3.05, 3.63) is 59.4 Å². The summed E-state index contributed by atoms with van der Waals surface area (Å²) in [5, 5.41) is 14.4. The van der Waals surface area contributed by atoms with E-state index in [-0.39, 0.29) is 18.3 Å². The lowest BCUT2D eigenvalue weighted by atomic mass is 9.81. The Morgan fingerprint density at radius 3 is 2.48 bits per heavy atom. The molecule has 1 heterocycles. The number of aryl methyl sites for hydroxylation is 2. The minimum Gasteiger partial charge on any atom is -0.486 e. The topological polar surface area (TPSA) is 61.8 Å². The first-order chi connectivity index (χ1) is 14.7. The molecule has 2 N–H and O–H groups in total. The van der Waals surface area contributed by atoms with Gasteiger partial charge in [0.1, 0.15) is 23.3 Å². The van der Waals surface area contributed by atoms with Crippen molar-refractivity contribution in [1.29, 1.82) is 0 Å². The molecule has 1 aliphatic heterocycles. The highest BCUT2D eigenvalue weighted by molar-refractivity contribution is 5.93. The standard InChI is InChI=1S/C25H33FN2O3/c1-17(2)14-25(30)12-13-28(15-22(25)31-21-10-8-20(26)9-11-21)16-23(29)27-24-18(3)6-5-7-19(24)4/h5-11,17,22,30H,12-16H2,1-4H3,(H,27,29)/t22-,25+/m0/s1. The van der Waals surface area contributed by atoms with E-state index in [1.165, 1.54) is 12.1 Å². The number of ether oxygens (including phenoxy) is 1. The van der Waals surface area contributed by atoms with Crippen LogP contribution >= 0.6 is 0 Å². The van der Waals surface area contributed by atoms with Crippen LogP contribution in [0.5, 0.6) is 5.75 Å². The van der Waals surface area contributed by atoms with Gasteiger partial charge in [-0.05, 0) is 68.0 Å². The zero-order valence-corrected chi connectivity index (χ0v) is 18.8. The Kier molecular flexibility index (Phi) is 7.34. The van der Waals surface area contributed by atoms with E-state index in [0.29, 0.717) is 37.6 Å². The second-order valence-electron chi connectivity index (χ2n) is 9.06. The summed E-state index contributed by atoms with van der Waals surface area (Å²) in [6.07, 6.45) is 0.594. The highest BCUT2D eigenvalue weighted by atomic mass is 19.1. The molecule has 0 aliphatic carbocycles. The first-order valence-corrected chi connectivity index (χ1v) is 10.9. The summed E-state index contributed by atoms with van der Waals surface area (Å²) in [5.74, 6) is 0.379. The number of halogens is 1. The molecule has 2 aromatic carbocycles. The molecule has 5 nitrogen and oxygen atoms in total. The first kappa shape index (κ1) is 23.2. The molecular formula is C25H33FN2O3. The van der Waals surface area contributed by atoms with Crippen molar-refractivity contribution in [3.63, 3.8) is 0 Å². The van der Waals surface area contributed by atoms with Gasteiger partial charge in [0.2, 0.25) is 5.91 Å². The molecule has 1 fully saturated rings. The van der Waals surface area contributed by atoms with E-state index < -0.39 is 11.7 Å². The molecule has 2 aromatic rings. The number of amides is 1. The Labute approximate surface area is 184 Å². The molecule has 1 amide bonds. The van der Waals surface area contributed by atoms with E-state index in [0.717, 1.165) is 16.8 Å². The van der Waals surface area contributed by atoms with Gasteiger partial charge in [0, 0.05) is 18.8 Å². The van der Waals surface area contributed by atoms with Crippen molar-refractivity contribution >= 4 is 11.6 Å². The molecule has 0 radical (unpaired) electrons. The summed E-state index contributed by atoms with van der Waals surface area (Å²) in [6, 6.07) is 11.7. The lowest BCUT2D eigenvalue weighted by Gasteiger charge is -2.45. The SMILES string of the molecule is Cc1cccc(C)c1NC(=O)CN1CC[C@@](O)(CC(C)C)[C@@H](Oc2ccc(F)cc2)C1. The molecule has 6 heteroatoms. The predicted octanol–water partition coefficient (Wildman–Crippen LogP) is 4.31. The average molecular weight is 429 g/mol. The number of hydrogen-bond acceptors (Lipinski definition) is 4. The average Bonchev–Trinajstić information content (AvgIpc) is 2.69. The number of likely N-dealkylation sites (tertiary alicyclic amines) is 1. The summed E-state index contributed by atoms with van der Waals surface area (Å²) in [7, 11) is 0. The van der Waals surface area contributed by atoms with Crippen LogP contribution in [0.3, 0.4) is 0 Å². The first-order valence-electron chi connectivity index (χ1n) is 10.9. The summed E-state index contributed by atoms with van der Waals surface area (Å²) in [5.41, 5.74) is 1.90. The molecule has 2 atom stereocenters. The Bertz CT molecular complexity index is 880. The maximum Gasteiger partial charge on any atom is 0.238 e. The van der Waals surface area contributed by atoms with E-state index in [4.69, 9.17) is 4.74 Å². The van der Waals surface area contributed by atoms with Crippen LogP contribution in [0.4, 0.5) is 10.1 Å². The fourth-order valence-corrected chi connectivity index (χ4v) is 4.31. The Morgan fingerprint density at radius 2 is 1.87 bits per heavy atom. The van der Waals surface area contributed by atoms with Gasteiger partial charge in [0.05, 0.1) is 6.54 Å². The van der Waals surface area contributed by atoms with Gasteiger partial charge in [0.15, 0.2) is 0 Å². The number of rotatable bonds is 7. The van der Waals surface area contributed by atoms with Gasteiger partial charge in [-0.15, -0.1) is 0 Å². The second-order valence-corrected chi connectivity index (χ2v) is 9.06. The number of nitrogens with one attached hydrogen (secondary N) is 1. The van der Waals surface area contributed by atoms with Crippen molar-refractivity contribution in [2.24, 2.45) is 5.92 Å². The molecule has 0 unspecified atom stereocenters. The number of para-hydroxylation sites is 1. The van der Waals surface area contributed by atoms with Crippen LogP contribution in [-0.2, 0) is 4.79 Å². The fourth-order valence-electron chi connectivity index (χ4n) is 4.31. The highest BCUT2D eigenvalue weighted by Crippen LogP contribution is 2.32. The number of nitrogens with zero attached hydrogens (tertiary/aromatic N) is 1. The van der Waals surface area contributed by atoms with E-state index in [9.17, 15) is 14.3 Å². The highest BCUT2D eigenvalue weighted by Gasteiger charge is 2.43. The van der Waals surface area contributed by atoms with Crippen LogP contribution in [0.1, 0.15) is 37.8 Å². The Morgan fingerprint density at radius 1 is 1.23 bits per heavy atom. The van der Waals surface area contributed by atoms with Gasteiger partial charge in [-0.2, -0.15) is 0 Å². The van der Waals surface area contributed by atoms with E-state index in [1.807, 2.05) is 36.9 Å². The van der Waals surface area contributed by atoms with Crippen molar-refractivity contribution < 1.29 is 19.0 Å². The number of piperidine rings is 1. The van der Waals surface area contributed by atoms with Gasteiger partial charge in [-0.25, -0.2) is 4.39 Å². The summed E-state index contributed by atoms with van der Waals surface area (Å²) >= 11 is 0. The number of carbonyl (C=O) groups is 1. The lowest BCUT2D eigenvalue weighted by Crippen LogP contribution is -2.59. The maximum atomic E-state index is 13.3. The van der Waals surface area contributed by atoms with Gasteiger partial charge in [-0.1, -0.05) is 32.0 Å². The minimum atomic E-state index is -0.998. The van der Waals surface area contributed by atoms with Gasteiger partial charge < -0.3 is 15.2 Å². The van der Waals surface area contributed by atoms with Crippen molar-refractivity contribution in [2.75, 3.05) is 25.0 Å². The van der Waals surface area contributed by atoms with Crippen LogP contribution in [-0.4, -0.2) is 47.3 Å². The monoisotopic (exact) mass is 428 g/mol. The molecule has 3 rings (SSSR count). The molecule has 0 spiro atoms. The molecular weight excluding hydrogens is 395 g/mol. The molecule has 0 saturated carbocycles. The lowest BCUT2D eigenvalue weighted by molar-refractivity contribution is -0.129. The number of carbonyl (C=O) groups excluding carboxylic acids is 1. The Hall–Kier alpha value is -2.44. The predicted molar refractivity (Wildman–Crippen MR) is 121 cm³/mol. The van der Waals surface area contributed by atoms with Gasteiger partial charge >= 0.3 is 0 Å². The molecule has 1 aliphatic rings. The zero-order chi connectivity index (χ0) is 22.6. The van der Waals surface area contributed by atoms with Crippen LogP contribution in [0.25, 0.3) is 0 Å². The van der Waals surface area contributed by atoms with Crippen LogP contribution in [0, 0.1) is 25.6 Å². The summed E-state index contributed by atoms with van der Waals surface area (Å²) in [4.78, 5) is 14.7. The van der Waals surface area contributed by atoms with E-state index in [2.05, 4.69) is 19.2 Å². The van der Waals surface area contributed by atoms with Crippen molar-refractivity contribution in [2.45, 2.75) is 52.2 Å². The molecule has 31 heavy (non-hydrogen) atoms. The van der Waals surface area contributed by atoms with Crippen LogP contribution < -0.4 is 10.1 Å². The zero-order valence-electron chi connectivity index (χ0n) is 18.8. The minimum absolute atomic E-state index is 0.0905. The quantitative estimate of drug-likeness (QED) is 0.690. The largest absolute Gasteiger partial charge is 0.486 e. The van der Waals surface area contributed by atoms with Crippen molar-refractivity contribution in [1.82, 2.24) is 4.90 Å².